The summed E-state index contributed by atoms with van der Waals surface area (Å²) in [6, 6.07) is 0. The van der Waals surface area contributed by atoms with E-state index in [4.69, 9.17) is 5.73 Å². The SMILES string of the molecule is C=C(C)CNCCCN. The molecule has 0 saturated heterocycles. The quantitative estimate of drug-likeness (QED) is 0.418. The summed E-state index contributed by atoms with van der Waals surface area (Å²) in [6.07, 6.45) is 1.05. The minimum absolute atomic E-state index is 0.767. The van der Waals surface area contributed by atoms with Crippen molar-refractivity contribution in [2.45, 2.75) is 13.3 Å². The fourth-order valence-electron chi connectivity index (χ4n) is 0.529. The highest BCUT2D eigenvalue weighted by Gasteiger charge is 1.84. The van der Waals surface area contributed by atoms with Gasteiger partial charge in [0.05, 0.1) is 0 Å². The lowest BCUT2D eigenvalue weighted by atomic mass is 10.3. The average Bonchev–Trinajstić information content (AvgIpc) is 1.80. The fourth-order valence-corrected chi connectivity index (χ4v) is 0.529. The van der Waals surface area contributed by atoms with Crippen LogP contribution in [0.25, 0.3) is 0 Å². The van der Waals surface area contributed by atoms with Crippen LogP contribution in [0, 0.1) is 0 Å². The van der Waals surface area contributed by atoms with Gasteiger partial charge in [-0.3, -0.25) is 0 Å². The van der Waals surface area contributed by atoms with Crippen LogP contribution >= 0.6 is 0 Å². The van der Waals surface area contributed by atoms with Crippen LogP contribution in [0.2, 0.25) is 0 Å². The van der Waals surface area contributed by atoms with Gasteiger partial charge in [-0.05, 0) is 26.4 Å². The zero-order valence-electron chi connectivity index (χ0n) is 6.11. The first-order chi connectivity index (χ1) is 4.27. The Labute approximate surface area is 57.1 Å². The number of hydrogen-bond donors (Lipinski definition) is 2. The van der Waals surface area contributed by atoms with E-state index in [9.17, 15) is 0 Å². The second-order valence-corrected chi connectivity index (χ2v) is 2.28. The Morgan fingerprint density at radius 3 is 2.78 bits per heavy atom. The molecule has 9 heavy (non-hydrogen) atoms. The van der Waals surface area contributed by atoms with E-state index in [1.54, 1.807) is 0 Å². The third-order valence-corrected chi connectivity index (χ3v) is 0.984. The van der Waals surface area contributed by atoms with Gasteiger partial charge in [-0.1, -0.05) is 12.2 Å². The van der Waals surface area contributed by atoms with Crippen LogP contribution in [0.15, 0.2) is 12.2 Å². The molecular weight excluding hydrogens is 112 g/mol. The lowest BCUT2D eigenvalue weighted by molar-refractivity contribution is 0.689. The summed E-state index contributed by atoms with van der Waals surface area (Å²) in [4.78, 5) is 0. The van der Waals surface area contributed by atoms with Gasteiger partial charge in [0.2, 0.25) is 0 Å². The predicted molar refractivity (Wildman–Crippen MR) is 41.4 cm³/mol. The molecule has 0 aromatic rings. The molecule has 2 heteroatoms. The van der Waals surface area contributed by atoms with Gasteiger partial charge in [0, 0.05) is 6.54 Å². The molecule has 0 rings (SSSR count). The van der Waals surface area contributed by atoms with E-state index in [2.05, 4.69) is 11.9 Å². The Bertz CT molecular complexity index is 79.0. The molecule has 0 heterocycles. The molecule has 0 aliphatic carbocycles. The van der Waals surface area contributed by atoms with Crippen molar-refractivity contribution in [1.29, 1.82) is 0 Å². The highest BCUT2D eigenvalue weighted by atomic mass is 14.8. The number of nitrogens with two attached hydrogens (primary N) is 1. The molecule has 0 atom stereocenters. The summed E-state index contributed by atoms with van der Waals surface area (Å²) >= 11 is 0. The fraction of sp³-hybridized carbons (Fsp3) is 0.714. The van der Waals surface area contributed by atoms with Crippen LogP contribution in [-0.2, 0) is 0 Å². The molecule has 0 aromatic carbocycles. The van der Waals surface area contributed by atoms with Gasteiger partial charge in [0.25, 0.3) is 0 Å². The van der Waals surface area contributed by atoms with Crippen LogP contribution in [0.1, 0.15) is 13.3 Å². The Balaban J connectivity index is 2.83. The molecule has 0 fully saturated rings. The zero-order chi connectivity index (χ0) is 7.11. The van der Waals surface area contributed by atoms with Crippen molar-refractivity contribution in [3.05, 3.63) is 12.2 Å². The summed E-state index contributed by atoms with van der Waals surface area (Å²) in [6.45, 7) is 8.46. The molecule has 0 spiro atoms. The topological polar surface area (TPSA) is 38.0 Å². The van der Waals surface area contributed by atoms with Crippen molar-refractivity contribution in [3.63, 3.8) is 0 Å². The molecule has 0 unspecified atom stereocenters. The van der Waals surface area contributed by atoms with E-state index in [0.29, 0.717) is 0 Å². The van der Waals surface area contributed by atoms with E-state index in [0.717, 1.165) is 26.1 Å². The number of rotatable bonds is 5. The van der Waals surface area contributed by atoms with Gasteiger partial charge >= 0.3 is 0 Å². The molecular formula is C7H16N2. The van der Waals surface area contributed by atoms with Crippen LogP contribution in [-0.4, -0.2) is 19.6 Å². The summed E-state index contributed by atoms with van der Waals surface area (Å²) < 4.78 is 0. The molecule has 0 aliphatic rings. The highest BCUT2D eigenvalue weighted by Crippen LogP contribution is 1.80. The van der Waals surface area contributed by atoms with Gasteiger partial charge in [0.1, 0.15) is 0 Å². The monoisotopic (exact) mass is 128 g/mol. The zero-order valence-corrected chi connectivity index (χ0v) is 6.11. The molecule has 0 aromatic heterocycles. The van der Waals surface area contributed by atoms with Crippen LogP contribution < -0.4 is 11.1 Å². The Morgan fingerprint density at radius 2 is 2.33 bits per heavy atom. The van der Waals surface area contributed by atoms with Crippen LogP contribution in [0.3, 0.4) is 0 Å². The highest BCUT2D eigenvalue weighted by molar-refractivity contribution is 4.90. The standard InChI is InChI=1S/C7H16N2/c1-7(2)6-9-5-3-4-8/h9H,1,3-6,8H2,2H3. The largest absolute Gasteiger partial charge is 0.330 e. The summed E-state index contributed by atoms with van der Waals surface area (Å²) in [7, 11) is 0. The summed E-state index contributed by atoms with van der Waals surface area (Å²) in [5.74, 6) is 0. The minimum atomic E-state index is 0.767. The van der Waals surface area contributed by atoms with Gasteiger partial charge in [-0.15, -0.1) is 0 Å². The molecule has 54 valence electrons. The average molecular weight is 128 g/mol. The molecule has 0 radical (unpaired) electrons. The van der Waals surface area contributed by atoms with E-state index in [-0.39, 0.29) is 0 Å². The molecule has 0 aliphatic heterocycles. The van der Waals surface area contributed by atoms with Gasteiger partial charge < -0.3 is 11.1 Å². The van der Waals surface area contributed by atoms with Gasteiger partial charge in [-0.25, -0.2) is 0 Å². The van der Waals surface area contributed by atoms with Crippen molar-refractivity contribution < 1.29 is 0 Å². The van der Waals surface area contributed by atoms with E-state index < -0.39 is 0 Å². The van der Waals surface area contributed by atoms with Crippen molar-refractivity contribution in [3.8, 4) is 0 Å². The van der Waals surface area contributed by atoms with E-state index >= 15 is 0 Å². The first kappa shape index (κ1) is 8.66. The maximum Gasteiger partial charge on any atom is 0.0159 e. The van der Waals surface area contributed by atoms with Crippen LogP contribution in [0.5, 0.6) is 0 Å². The van der Waals surface area contributed by atoms with Gasteiger partial charge in [-0.2, -0.15) is 0 Å². The number of nitrogens with one attached hydrogen (secondary N) is 1. The van der Waals surface area contributed by atoms with E-state index in [1.165, 1.54) is 5.57 Å². The van der Waals surface area contributed by atoms with Crippen molar-refractivity contribution in [2.24, 2.45) is 5.73 Å². The molecule has 0 amide bonds. The van der Waals surface area contributed by atoms with Crippen molar-refractivity contribution in [1.82, 2.24) is 5.32 Å². The molecule has 3 N–H and O–H groups in total. The first-order valence-corrected chi connectivity index (χ1v) is 3.32. The Kier molecular flexibility index (Phi) is 5.57. The van der Waals surface area contributed by atoms with Crippen LogP contribution in [0.4, 0.5) is 0 Å². The first-order valence-electron chi connectivity index (χ1n) is 3.32. The lowest BCUT2D eigenvalue weighted by Gasteiger charge is -2.00. The lowest BCUT2D eigenvalue weighted by Crippen LogP contribution is -2.19. The second-order valence-electron chi connectivity index (χ2n) is 2.28. The normalized spacial score (nSPS) is 9.56. The van der Waals surface area contributed by atoms with Gasteiger partial charge in [0.15, 0.2) is 0 Å². The van der Waals surface area contributed by atoms with Crippen molar-refractivity contribution in [2.75, 3.05) is 19.6 Å². The van der Waals surface area contributed by atoms with E-state index in [1.807, 2.05) is 6.92 Å². The maximum absolute atomic E-state index is 5.28. The maximum atomic E-state index is 5.28. The second kappa shape index (κ2) is 5.79. The number of hydrogen-bond acceptors (Lipinski definition) is 2. The Morgan fingerprint density at radius 1 is 1.67 bits per heavy atom. The predicted octanol–water partition coefficient (Wildman–Crippen LogP) is 0.501. The minimum Gasteiger partial charge on any atom is -0.330 e. The molecule has 0 bridgehead atoms. The summed E-state index contributed by atoms with van der Waals surface area (Å²) in [5.41, 5.74) is 6.46. The smallest absolute Gasteiger partial charge is 0.0159 e. The Hall–Kier alpha value is -0.340. The third-order valence-electron chi connectivity index (χ3n) is 0.984. The van der Waals surface area contributed by atoms with Crippen molar-refractivity contribution >= 4 is 0 Å². The third kappa shape index (κ3) is 7.66. The molecule has 0 saturated carbocycles. The molecule has 2 nitrogen and oxygen atoms in total. The summed E-state index contributed by atoms with van der Waals surface area (Å²) in [5, 5.41) is 3.21.